The standard InChI is InChI=1S/C11H10N2O2/c1-8-4-2-3-5-9(8)6-11-12-10(7-14)13-15-11/h2-5,7H,6H2,1H3. The predicted molar refractivity (Wildman–Crippen MR) is 53.7 cm³/mol. The number of aromatic nitrogens is 2. The second-order valence-corrected chi connectivity index (χ2v) is 3.27. The monoisotopic (exact) mass is 202 g/mol. The molecule has 1 aromatic heterocycles. The van der Waals surface area contributed by atoms with E-state index in [1.165, 1.54) is 5.56 Å². The van der Waals surface area contributed by atoms with Crippen molar-refractivity contribution in [1.29, 1.82) is 0 Å². The summed E-state index contributed by atoms with van der Waals surface area (Å²) >= 11 is 0. The van der Waals surface area contributed by atoms with Gasteiger partial charge in [0.15, 0.2) is 6.29 Å². The average Bonchev–Trinajstić information content (AvgIpc) is 2.69. The minimum absolute atomic E-state index is 0.0959. The van der Waals surface area contributed by atoms with Crippen LogP contribution >= 0.6 is 0 Å². The molecule has 0 N–H and O–H groups in total. The zero-order chi connectivity index (χ0) is 10.7. The molecular formula is C11H10N2O2. The van der Waals surface area contributed by atoms with Crippen LogP contribution in [0.4, 0.5) is 0 Å². The van der Waals surface area contributed by atoms with E-state index in [2.05, 4.69) is 10.1 Å². The second kappa shape index (κ2) is 4.04. The molecule has 0 unspecified atom stereocenters. The highest BCUT2D eigenvalue weighted by atomic mass is 16.5. The molecule has 0 bridgehead atoms. The first-order valence-corrected chi connectivity index (χ1v) is 4.62. The van der Waals surface area contributed by atoms with E-state index in [4.69, 9.17) is 4.52 Å². The fourth-order valence-electron chi connectivity index (χ4n) is 1.36. The van der Waals surface area contributed by atoms with Gasteiger partial charge in [0.2, 0.25) is 11.7 Å². The van der Waals surface area contributed by atoms with Gasteiger partial charge < -0.3 is 4.52 Å². The molecule has 1 heterocycles. The maximum absolute atomic E-state index is 10.4. The van der Waals surface area contributed by atoms with Gasteiger partial charge in [-0.3, -0.25) is 4.79 Å². The average molecular weight is 202 g/mol. The quantitative estimate of drug-likeness (QED) is 0.712. The van der Waals surface area contributed by atoms with Crippen LogP contribution in [0.5, 0.6) is 0 Å². The van der Waals surface area contributed by atoms with Crippen molar-refractivity contribution >= 4 is 6.29 Å². The van der Waals surface area contributed by atoms with Crippen LogP contribution in [0.25, 0.3) is 0 Å². The van der Waals surface area contributed by atoms with E-state index in [0.717, 1.165) is 5.56 Å². The van der Waals surface area contributed by atoms with Crippen molar-refractivity contribution in [3.05, 3.63) is 47.1 Å². The molecule has 0 amide bonds. The van der Waals surface area contributed by atoms with E-state index in [1.54, 1.807) is 0 Å². The van der Waals surface area contributed by atoms with Gasteiger partial charge in [-0.1, -0.05) is 29.4 Å². The van der Waals surface area contributed by atoms with Crippen molar-refractivity contribution < 1.29 is 9.32 Å². The lowest BCUT2D eigenvalue weighted by Crippen LogP contribution is -1.92. The van der Waals surface area contributed by atoms with Crippen LogP contribution in [-0.4, -0.2) is 16.4 Å². The third-order valence-corrected chi connectivity index (χ3v) is 2.19. The summed E-state index contributed by atoms with van der Waals surface area (Å²) in [6.07, 6.45) is 1.14. The van der Waals surface area contributed by atoms with Crippen LogP contribution in [0.15, 0.2) is 28.8 Å². The Labute approximate surface area is 86.9 Å². The van der Waals surface area contributed by atoms with Crippen LogP contribution in [0, 0.1) is 6.92 Å². The maximum Gasteiger partial charge on any atom is 0.235 e. The van der Waals surface area contributed by atoms with Crippen molar-refractivity contribution in [2.45, 2.75) is 13.3 Å². The Morgan fingerprint density at radius 3 is 2.87 bits per heavy atom. The highest BCUT2D eigenvalue weighted by Gasteiger charge is 2.07. The van der Waals surface area contributed by atoms with Gasteiger partial charge in [0.25, 0.3) is 0 Å². The van der Waals surface area contributed by atoms with E-state index < -0.39 is 0 Å². The van der Waals surface area contributed by atoms with Gasteiger partial charge in [-0.2, -0.15) is 4.98 Å². The number of carbonyl (C=O) groups excluding carboxylic acids is 1. The number of aldehydes is 1. The summed E-state index contributed by atoms with van der Waals surface area (Å²) in [5.41, 5.74) is 2.29. The molecule has 2 aromatic rings. The SMILES string of the molecule is Cc1ccccc1Cc1nc(C=O)no1. The lowest BCUT2D eigenvalue weighted by atomic mass is 10.1. The number of hydrogen-bond acceptors (Lipinski definition) is 4. The number of hydrogen-bond donors (Lipinski definition) is 0. The highest BCUT2D eigenvalue weighted by molar-refractivity contribution is 5.68. The lowest BCUT2D eigenvalue weighted by Gasteiger charge is -2.00. The third kappa shape index (κ3) is 2.10. The Balaban J connectivity index is 2.22. The zero-order valence-corrected chi connectivity index (χ0v) is 8.30. The Kier molecular flexibility index (Phi) is 2.58. The molecule has 76 valence electrons. The molecule has 2 rings (SSSR count). The largest absolute Gasteiger partial charge is 0.339 e. The number of nitrogens with zero attached hydrogens (tertiary/aromatic N) is 2. The van der Waals surface area contributed by atoms with Crippen LogP contribution < -0.4 is 0 Å². The Hall–Kier alpha value is -1.97. The first-order chi connectivity index (χ1) is 7.29. The Morgan fingerprint density at radius 2 is 2.20 bits per heavy atom. The molecule has 0 spiro atoms. The van der Waals surface area contributed by atoms with E-state index in [9.17, 15) is 4.79 Å². The minimum atomic E-state index is 0.0959. The molecule has 0 aliphatic rings. The number of carbonyl (C=O) groups is 1. The summed E-state index contributed by atoms with van der Waals surface area (Å²) in [5, 5.41) is 3.51. The maximum atomic E-state index is 10.4. The van der Waals surface area contributed by atoms with Gasteiger partial charge >= 0.3 is 0 Å². The van der Waals surface area contributed by atoms with Crippen LogP contribution in [0.1, 0.15) is 27.6 Å². The Bertz CT molecular complexity index is 477. The van der Waals surface area contributed by atoms with Gasteiger partial charge in [-0.15, -0.1) is 0 Å². The number of rotatable bonds is 3. The molecule has 0 fully saturated rings. The molecule has 0 aliphatic heterocycles. The molecule has 4 heteroatoms. The molecule has 0 radical (unpaired) electrons. The van der Waals surface area contributed by atoms with Crippen molar-refractivity contribution in [2.75, 3.05) is 0 Å². The molecule has 0 saturated heterocycles. The van der Waals surface area contributed by atoms with Crippen molar-refractivity contribution in [1.82, 2.24) is 10.1 Å². The lowest BCUT2D eigenvalue weighted by molar-refractivity contribution is 0.111. The van der Waals surface area contributed by atoms with Crippen molar-refractivity contribution in [3.8, 4) is 0 Å². The summed E-state index contributed by atoms with van der Waals surface area (Å²) in [7, 11) is 0. The highest BCUT2D eigenvalue weighted by Crippen LogP contribution is 2.11. The smallest absolute Gasteiger partial charge is 0.235 e. The van der Waals surface area contributed by atoms with Crippen LogP contribution in [0.3, 0.4) is 0 Å². The molecule has 0 atom stereocenters. The van der Waals surface area contributed by atoms with E-state index in [0.29, 0.717) is 18.6 Å². The molecule has 1 aromatic carbocycles. The summed E-state index contributed by atoms with van der Waals surface area (Å²) < 4.78 is 4.92. The van der Waals surface area contributed by atoms with Gasteiger partial charge in [0, 0.05) is 0 Å². The first-order valence-electron chi connectivity index (χ1n) is 4.62. The Morgan fingerprint density at radius 1 is 1.40 bits per heavy atom. The van der Waals surface area contributed by atoms with Crippen molar-refractivity contribution in [2.24, 2.45) is 0 Å². The fourth-order valence-corrected chi connectivity index (χ4v) is 1.36. The number of aryl methyl sites for hydroxylation is 1. The molecule has 15 heavy (non-hydrogen) atoms. The summed E-state index contributed by atoms with van der Waals surface area (Å²) in [6.45, 7) is 2.02. The molecule has 4 nitrogen and oxygen atoms in total. The summed E-state index contributed by atoms with van der Waals surface area (Å²) in [6, 6.07) is 7.95. The van der Waals surface area contributed by atoms with Crippen LogP contribution in [0.2, 0.25) is 0 Å². The second-order valence-electron chi connectivity index (χ2n) is 3.27. The van der Waals surface area contributed by atoms with E-state index in [-0.39, 0.29) is 5.82 Å². The predicted octanol–water partition coefficient (Wildman–Crippen LogP) is 1.78. The molecule has 0 saturated carbocycles. The van der Waals surface area contributed by atoms with E-state index in [1.807, 2.05) is 31.2 Å². The fraction of sp³-hybridized carbons (Fsp3) is 0.182. The molecular weight excluding hydrogens is 192 g/mol. The third-order valence-electron chi connectivity index (χ3n) is 2.19. The topological polar surface area (TPSA) is 56.0 Å². The van der Waals surface area contributed by atoms with Gasteiger partial charge in [-0.25, -0.2) is 0 Å². The van der Waals surface area contributed by atoms with Crippen molar-refractivity contribution in [3.63, 3.8) is 0 Å². The minimum Gasteiger partial charge on any atom is -0.339 e. The molecule has 0 aliphatic carbocycles. The van der Waals surface area contributed by atoms with Gasteiger partial charge in [0.1, 0.15) is 0 Å². The van der Waals surface area contributed by atoms with Crippen LogP contribution in [-0.2, 0) is 6.42 Å². The van der Waals surface area contributed by atoms with E-state index >= 15 is 0 Å². The van der Waals surface area contributed by atoms with Gasteiger partial charge in [0.05, 0.1) is 6.42 Å². The van der Waals surface area contributed by atoms with Gasteiger partial charge in [-0.05, 0) is 18.1 Å². The first kappa shape index (κ1) is 9.58. The summed E-state index contributed by atoms with van der Waals surface area (Å²) in [5.74, 6) is 0.560. The zero-order valence-electron chi connectivity index (χ0n) is 8.30. The normalized spacial score (nSPS) is 10.2. The number of benzene rings is 1. The summed E-state index contributed by atoms with van der Waals surface area (Å²) in [4.78, 5) is 14.3.